The van der Waals surface area contributed by atoms with Crippen molar-refractivity contribution < 1.29 is 14.3 Å². The molecule has 6 nitrogen and oxygen atoms in total. The number of aromatic nitrogens is 2. The molecule has 156 valence electrons. The van der Waals surface area contributed by atoms with Gasteiger partial charge in [-0.2, -0.15) is 0 Å². The highest BCUT2D eigenvalue weighted by Gasteiger charge is 2.34. The van der Waals surface area contributed by atoms with Crippen LogP contribution in [-0.2, 0) is 11.3 Å². The second kappa shape index (κ2) is 8.22. The summed E-state index contributed by atoms with van der Waals surface area (Å²) < 4.78 is 11.8. The fraction of sp³-hybridized carbons (Fsp3) is 0.391. The summed E-state index contributed by atoms with van der Waals surface area (Å²) in [6.07, 6.45) is 4.85. The summed E-state index contributed by atoms with van der Waals surface area (Å²) in [5, 5.41) is -0.0671. The lowest BCUT2D eigenvalue weighted by atomic mass is 10.1. The van der Waals surface area contributed by atoms with Gasteiger partial charge in [0.05, 0.1) is 36.5 Å². The first-order valence-corrected chi connectivity index (χ1v) is 11.5. The van der Waals surface area contributed by atoms with Crippen LogP contribution in [0.25, 0.3) is 11.0 Å². The van der Waals surface area contributed by atoms with Gasteiger partial charge in [0.1, 0.15) is 11.2 Å². The summed E-state index contributed by atoms with van der Waals surface area (Å²) in [6, 6.07) is 13.9. The molecule has 1 amide bonds. The molecule has 2 fully saturated rings. The number of H-pyrrole nitrogens is 1. The Balaban J connectivity index is 1.40. The van der Waals surface area contributed by atoms with Gasteiger partial charge in [-0.1, -0.05) is 18.2 Å². The molecule has 5 rings (SSSR count). The summed E-state index contributed by atoms with van der Waals surface area (Å²) >= 11 is 1.64. The van der Waals surface area contributed by atoms with Crippen molar-refractivity contribution in [3.8, 4) is 11.5 Å². The van der Waals surface area contributed by atoms with E-state index in [-0.39, 0.29) is 17.4 Å². The number of methoxy groups -OCH3 is 1. The maximum atomic E-state index is 12.7. The van der Waals surface area contributed by atoms with Crippen LogP contribution in [0, 0.1) is 0 Å². The maximum Gasteiger partial charge on any atom is 0.234 e. The molecule has 0 bridgehead atoms. The van der Waals surface area contributed by atoms with E-state index in [9.17, 15) is 4.79 Å². The van der Waals surface area contributed by atoms with Gasteiger partial charge < -0.3 is 19.4 Å². The van der Waals surface area contributed by atoms with E-state index in [1.165, 1.54) is 12.8 Å². The molecule has 1 aliphatic carbocycles. The number of imidazole rings is 1. The van der Waals surface area contributed by atoms with Gasteiger partial charge >= 0.3 is 0 Å². The Morgan fingerprint density at radius 3 is 2.80 bits per heavy atom. The van der Waals surface area contributed by atoms with Crippen LogP contribution in [0.4, 0.5) is 0 Å². The summed E-state index contributed by atoms with van der Waals surface area (Å²) in [4.78, 5) is 22.5. The third kappa shape index (κ3) is 3.74. The minimum Gasteiger partial charge on any atom is -0.493 e. The minimum absolute atomic E-state index is 0.0671. The van der Waals surface area contributed by atoms with Crippen LogP contribution < -0.4 is 9.47 Å². The Morgan fingerprint density at radius 2 is 2.00 bits per heavy atom. The van der Waals surface area contributed by atoms with E-state index in [2.05, 4.69) is 9.97 Å². The fourth-order valence-electron chi connectivity index (χ4n) is 4.27. The molecule has 0 radical (unpaired) electrons. The third-order valence-electron chi connectivity index (χ3n) is 5.80. The lowest BCUT2D eigenvalue weighted by molar-refractivity contribution is -0.128. The van der Waals surface area contributed by atoms with Crippen LogP contribution in [0.5, 0.6) is 11.5 Å². The maximum absolute atomic E-state index is 12.7. The van der Waals surface area contributed by atoms with Crippen LogP contribution in [0.2, 0.25) is 0 Å². The van der Waals surface area contributed by atoms with Crippen molar-refractivity contribution in [2.24, 2.45) is 0 Å². The smallest absolute Gasteiger partial charge is 0.234 e. The van der Waals surface area contributed by atoms with Crippen LogP contribution in [-0.4, -0.2) is 39.7 Å². The van der Waals surface area contributed by atoms with Crippen molar-refractivity contribution >= 4 is 28.7 Å². The number of thioether (sulfide) groups is 1. The summed E-state index contributed by atoms with van der Waals surface area (Å²) in [5.41, 5.74) is 2.95. The zero-order valence-electron chi connectivity index (χ0n) is 17.0. The van der Waals surface area contributed by atoms with Crippen molar-refractivity contribution in [1.29, 1.82) is 0 Å². The molecule has 1 unspecified atom stereocenters. The average molecular weight is 424 g/mol. The van der Waals surface area contributed by atoms with E-state index in [4.69, 9.17) is 9.47 Å². The molecular weight excluding hydrogens is 398 g/mol. The van der Waals surface area contributed by atoms with E-state index < -0.39 is 0 Å². The number of fused-ring (bicyclic) bond motifs is 1. The molecule has 7 heteroatoms. The molecule has 2 aliphatic rings. The van der Waals surface area contributed by atoms with Crippen LogP contribution in [0.15, 0.2) is 42.5 Å². The molecule has 1 saturated carbocycles. The largest absolute Gasteiger partial charge is 0.493 e. The number of nitrogens with zero attached hydrogens (tertiary/aromatic N) is 2. The topological polar surface area (TPSA) is 67.5 Å². The molecule has 1 N–H and O–H groups in total. The minimum atomic E-state index is -0.0671. The number of amides is 1. The third-order valence-corrected chi connectivity index (χ3v) is 7.05. The standard InChI is InChI=1S/C23H25N3O3S/c1-28-19-11-10-15(12-20(19)29-16-6-2-3-7-16)23-26(22(27)14-30-23)13-21-24-17-8-4-5-9-18(17)25-21/h4-5,8-12,16,23H,2-3,6-7,13-14H2,1H3,(H,24,25). The molecule has 1 saturated heterocycles. The van der Waals surface area contributed by atoms with Crippen molar-refractivity contribution in [2.75, 3.05) is 12.9 Å². The van der Waals surface area contributed by atoms with E-state index in [1.807, 2.05) is 47.4 Å². The Bertz CT molecular complexity index is 1030. The number of carbonyl (C=O) groups excluding carboxylic acids is 1. The van der Waals surface area contributed by atoms with Crippen molar-refractivity contribution in [3.63, 3.8) is 0 Å². The molecule has 1 aromatic heterocycles. The number of ether oxygens (including phenoxy) is 2. The molecule has 30 heavy (non-hydrogen) atoms. The molecular formula is C23H25N3O3S. The first-order valence-electron chi connectivity index (χ1n) is 10.4. The Labute approximate surface area is 180 Å². The van der Waals surface area contributed by atoms with Gasteiger partial charge in [-0.3, -0.25) is 4.79 Å². The molecule has 1 aliphatic heterocycles. The normalized spacial score (nSPS) is 19.7. The quantitative estimate of drug-likeness (QED) is 0.624. The number of nitrogens with one attached hydrogen (secondary N) is 1. The van der Waals surface area contributed by atoms with Gasteiger partial charge in [0, 0.05) is 0 Å². The van der Waals surface area contributed by atoms with Crippen LogP contribution in [0.3, 0.4) is 0 Å². The van der Waals surface area contributed by atoms with Gasteiger partial charge in [-0.25, -0.2) is 4.98 Å². The van der Waals surface area contributed by atoms with Crippen molar-refractivity contribution in [3.05, 3.63) is 53.9 Å². The first kappa shape index (κ1) is 19.3. The predicted octanol–water partition coefficient (Wildman–Crippen LogP) is 4.67. The zero-order valence-corrected chi connectivity index (χ0v) is 17.8. The second-order valence-corrected chi connectivity index (χ2v) is 8.89. The average Bonchev–Trinajstić information content (AvgIpc) is 3.49. The highest BCUT2D eigenvalue weighted by molar-refractivity contribution is 8.00. The number of carbonyl (C=O) groups is 1. The summed E-state index contributed by atoms with van der Waals surface area (Å²) in [5.74, 6) is 2.90. The van der Waals surface area contributed by atoms with Crippen molar-refractivity contribution in [1.82, 2.24) is 14.9 Å². The fourth-order valence-corrected chi connectivity index (χ4v) is 5.45. The Hall–Kier alpha value is -2.67. The van der Waals surface area contributed by atoms with Gasteiger partial charge in [0.15, 0.2) is 11.5 Å². The van der Waals surface area contributed by atoms with Crippen LogP contribution in [0.1, 0.15) is 42.4 Å². The van der Waals surface area contributed by atoms with E-state index in [1.54, 1.807) is 18.9 Å². The van der Waals surface area contributed by atoms with Crippen molar-refractivity contribution in [2.45, 2.75) is 43.7 Å². The number of hydrogen-bond acceptors (Lipinski definition) is 5. The Kier molecular flexibility index (Phi) is 5.29. The molecule has 2 aromatic carbocycles. The van der Waals surface area contributed by atoms with Gasteiger partial charge in [0.2, 0.25) is 5.91 Å². The van der Waals surface area contributed by atoms with Crippen LogP contribution >= 0.6 is 11.8 Å². The Morgan fingerprint density at radius 1 is 1.17 bits per heavy atom. The van der Waals surface area contributed by atoms with E-state index in [0.717, 1.165) is 46.8 Å². The molecule has 3 aromatic rings. The lowest BCUT2D eigenvalue weighted by Crippen LogP contribution is -2.28. The summed E-state index contributed by atoms with van der Waals surface area (Å²) in [7, 11) is 1.66. The highest BCUT2D eigenvalue weighted by Crippen LogP contribution is 2.42. The first-order chi connectivity index (χ1) is 14.7. The highest BCUT2D eigenvalue weighted by atomic mass is 32.2. The van der Waals surface area contributed by atoms with Gasteiger partial charge in [-0.15, -0.1) is 11.8 Å². The number of para-hydroxylation sites is 2. The number of aromatic amines is 1. The predicted molar refractivity (Wildman–Crippen MR) is 118 cm³/mol. The number of benzene rings is 2. The molecule has 2 heterocycles. The SMILES string of the molecule is COc1ccc(C2SCC(=O)N2Cc2nc3ccccc3[nH]2)cc1OC1CCCC1. The molecule has 1 atom stereocenters. The zero-order chi connectivity index (χ0) is 20.5. The number of rotatable bonds is 6. The van der Waals surface area contributed by atoms with E-state index >= 15 is 0 Å². The molecule has 0 spiro atoms. The second-order valence-electron chi connectivity index (χ2n) is 7.82. The monoisotopic (exact) mass is 423 g/mol. The van der Waals surface area contributed by atoms with Gasteiger partial charge in [0.25, 0.3) is 0 Å². The van der Waals surface area contributed by atoms with E-state index in [0.29, 0.717) is 12.3 Å². The number of hydrogen-bond donors (Lipinski definition) is 1. The van der Waals surface area contributed by atoms with Gasteiger partial charge in [-0.05, 0) is 55.5 Å². The lowest BCUT2D eigenvalue weighted by Gasteiger charge is -2.24. The summed E-state index contributed by atoms with van der Waals surface area (Å²) in [6.45, 7) is 0.454.